The van der Waals surface area contributed by atoms with Crippen molar-refractivity contribution in [2.45, 2.75) is 105 Å². The molecule has 8 nitrogen and oxygen atoms in total. The Morgan fingerprint density at radius 3 is 2.34 bits per heavy atom. The first-order valence-electron chi connectivity index (χ1n) is 17.7. The van der Waals surface area contributed by atoms with E-state index in [0.717, 1.165) is 36.0 Å². The summed E-state index contributed by atoms with van der Waals surface area (Å²) in [5, 5.41) is 5.39. The number of amides is 2. The molecule has 1 aliphatic rings. The molecule has 6 atom stereocenters. The number of hydrogen-bond acceptors (Lipinski definition) is 6. The Kier molecular flexibility index (Phi) is 22.0. The van der Waals surface area contributed by atoms with Crippen molar-refractivity contribution in [1.82, 2.24) is 10.6 Å². The predicted molar refractivity (Wildman–Crippen MR) is 205 cm³/mol. The first kappa shape index (κ1) is 44.0. The number of methoxy groups -OCH3 is 2. The van der Waals surface area contributed by atoms with Gasteiger partial charge in [-0.2, -0.15) is 0 Å². The zero-order chi connectivity index (χ0) is 37.5. The van der Waals surface area contributed by atoms with Crippen molar-refractivity contribution in [2.24, 2.45) is 11.8 Å². The Bertz CT molecular complexity index is 1360. The molecule has 0 aromatic carbocycles. The maximum Gasteiger partial charge on any atom is 0.334 e. The third-order valence-electron chi connectivity index (χ3n) is 8.40. The van der Waals surface area contributed by atoms with Crippen LogP contribution in [-0.2, 0) is 28.6 Å². The summed E-state index contributed by atoms with van der Waals surface area (Å²) in [7, 11) is 3.44. The molecule has 0 aromatic rings. The van der Waals surface area contributed by atoms with Crippen molar-refractivity contribution in [2.75, 3.05) is 20.8 Å². The van der Waals surface area contributed by atoms with Gasteiger partial charge in [-0.15, -0.1) is 0 Å². The zero-order valence-electron chi connectivity index (χ0n) is 32.0. The van der Waals surface area contributed by atoms with Crippen LogP contribution in [0.15, 0.2) is 107 Å². The lowest BCUT2D eigenvalue weighted by Crippen LogP contribution is -2.43. The number of ether oxygens (including phenoxy) is 3. The van der Waals surface area contributed by atoms with E-state index in [-0.39, 0.29) is 35.9 Å². The van der Waals surface area contributed by atoms with Crippen LogP contribution in [0.3, 0.4) is 0 Å². The van der Waals surface area contributed by atoms with Crippen molar-refractivity contribution in [3.63, 3.8) is 0 Å². The van der Waals surface area contributed by atoms with Gasteiger partial charge in [-0.05, 0) is 71.8 Å². The molecule has 0 fully saturated rings. The Morgan fingerprint density at radius 2 is 1.68 bits per heavy atom. The number of rotatable bonds is 10. The molecule has 0 aliphatic carbocycles. The number of carbonyl (C=O) groups is 3. The minimum absolute atomic E-state index is 0.00577. The molecule has 0 spiro atoms. The van der Waals surface area contributed by atoms with Gasteiger partial charge in [0.25, 0.3) is 0 Å². The maximum atomic E-state index is 13.4. The van der Waals surface area contributed by atoms with E-state index in [2.05, 4.69) is 54.0 Å². The highest BCUT2D eigenvalue weighted by atomic mass is 16.5. The molecule has 2 amide bonds. The second kappa shape index (κ2) is 25.0. The summed E-state index contributed by atoms with van der Waals surface area (Å²) < 4.78 is 17.5. The van der Waals surface area contributed by atoms with E-state index in [9.17, 15) is 14.4 Å². The van der Waals surface area contributed by atoms with Crippen LogP contribution in [-0.4, -0.2) is 63.4 Å². The Labute approximate surface area is 301 Å². The van der Waals surface area contributed by atoms with E-state index >= 15 is 0 Å². The lowest BCUT2D eigenvalue weighted by molar-refractivity contribution is -0.144. The molecule has 8 heteroatoms. The maximum absolute atomic E-state index is 13.4. The molecule has 1 aliphatic heterocycles. The molecule has 0 aromatic heterocycles. The molecule has 0 radical (unpaired) electrons. The molecule has 0 bridgehead atoms. The lowest BCUT2D eigenvalue weighted by atomic mass is 9.96. The monoisotopic (exact) mass is 690 g/mol. The van der Waals surface area contributed by atoms with Crippen LogP contribution in [0.25, 0.3) is 0 Å². The summed E-state index contributed by atoms with van der Waals surface area (Å²) in [6.45, 7) is 16.0. The second-order valence-corrected chi connectivity index (χ2v) is 13.0. The van der Waals surface area contributed by atoms with Gasteiger partial charge >= 0.3 is 5.97 Å². The number of carbonyl (C=O) groups excluding carboxylic acids is 3. The molecule has 0 unspecified atom stereocenters. The zero-order valence-corrected chi connectivity index (χ0v) is 32.0. The van der Waals surface area contributed by atoms with E-state index in [0.29, 0.717) is 24.9 Å². The number of esters is 1. The van der Waals surface area contributed by atoms with Crippen molar-refractivity contribution >= 4 is 18.3 Å². The standard InChI is InChI=1S/C42H62N2O6/c1-11-39(44-29-45)41(46)43-28-33(5)24-25-35(7)40-34(6)18-12-13-19-37(48-9)20-14-16-30(2)17-15-21-38(49-10)27-32(4)23-22-31(3)26-36(8)42(47)50-40/h12-13,15-19,22-27,29,31,34,37-40H,11,14,20-21,28H2,1-10H3,(H,43,46)(H,44,45)/b17-15+,18-12+,19-13+,23-22+,30-16-,32-27+,33-24+,35-25+,36-26+/t31-,34+,37-,38+,39+,40+/m1/s1. The van der Waals surface area contributed by atoms with E-state index < -0.39 is 12.1 Å². The van der Waals surface area contributed by atoms with Crippen molar-refractivity contribution in [3.8, 4) is 0 Å². The third kappa shape index (κ3) is 18.1. The smallest absolute Gasteiger partial charge is 0.334 e. The molecule has 0 saturated carbocycles. The fourth-order valence-corrected chi connectivity index (χ4v) is 5.22. The molecule has 2 N–H and O–H groups in total. The van der Waals surface area contributed by atoms with Gasteiger partial charge in [-0.3, -0.25) is 9.59 Å². The Hall–Kier alpha value is -4.01. The Morgan fingerprint density at radius 1 is 0.980 bits per heavy atom. The summed E-state index contributed by atoms with van der Waals surface area (Å²) in [5.41, 5.74) is 4.58. The Balaban J connectivity index is 3.39. The van der Waals surface area contributed by atoms with Crippen LogP contribution in [0, 0.1) is 11.8 Å². The largest absolute Gasteiger partial charge is 0.454 e. The van der Waals surface area contributed by atoms with E-state index in [4.69, 9.17) is 14.2 Å². The molecule has 0 saturated heterocycles. The fourth-order valence-electron chi connectivity index (χ4n) is 5.22. The first-order valence-corrected chi connectivity index (χ1v) is 17.7. The van der Waals surface area contributed by atoms with Crippen LogP contribution >= 0.6 is 0 Å². The summed E-state index contributed by atoms with van der Waals surface area (Å²) in [4.78, 5) is 36.6. The number of nitrogens with one attached hydrogen (secondary N) is 2. The van der Waals surface area contributed by atoms with Crippen LogP contribution in [0.1, 0.15) is 81.1 Å². The van der Waals surface area contributed by atoms with Crippen LogP contribution < -0.4 is 10.6 Å². The highest BCUT2D eigenvalue weighted by Crippen LogP contribution is 2.21. The average molecular weight is 691 g/mol. The summed E-state index contributed by atoms with van der Waals surface area (Å²) >= 11 is 0. The molecular weight excluding hydrogens is 628 g/mol. The van der Waals surface area contributed by atoms with Gasteiger partial charge in [-0.1, -0.05) is 116 Å². The van der Waals surface area contributed by atoms with Crippen molar-refractivity contribution in [3.05, 3.63) is 107 Å². The average Bonchev–Trinajstić information content (AvgIpc) is 3.09. The molecular formula is C42H62N2O6. The summed E-state index contributed by atoms with van der Waals surface area (Å²) in [6.07, 6.45) is 29.4. The van der Waals surface area contributed by atoms with Gasteiger partial charge in [0.15, 0.2) is 0 Å². The van der Waals surface area contributed by atoms with Gasteiger partial charge in [0, 0.05) is 32.3 Å². The number of hydrogen-bond donors (Lipinski definition) is 2. The second-order valence-electron chi connectivity index (χ2n) is 13.0. The van der Waals surface area contributed by atoms with Gasteiger partial charge in [-0.25, -0.2) is 4.79 Å². The molecule has 276 valence electrons. The minimum Gasteiger partial charge on any atom is -0.454 e. The highest BCUT2D eigenvalue weighted by Gasteiger charge is 2.22. The van der Waals surface area contributed by atoms with Crippen molar-refractivity contribution in [1.29, 1.82) is 0 Å². The van der Waals surface area contributed by atoms with E-state index in [1.807, 2.05) is 84.1 Å². The fraction of sp³-hybridized carbons (Fsp3) is 0.500. The molecule has 1 rings (SSSR count). The predicted octanol–water partition coefficient (Wildman–Crippen LogP) is 7.98. The van der Waals surface area contributed by atoms with Crippen LogP contribution in [0.5, 0.6) is 0 Å². The SMILES string of the molecule is CC[C@H](NC=O)C(=O)NC/C(C)=C/C=C(\C)[C@H]1OC(=O)/C(C)=C/[C@H](C)/C=C/C(C)=C/[C@@H](OC)C/C=C/C(C)=C\CC[C@H](OC)/C=C/C=C/[C@@H]1C. The van der Waals surface area contributed by atoms with Crippen LogP contribution in [0.4, 0.5) is 0 Å². The summed E-state index contributed by atoms with van der Waals surface area (Å²) in [5.74, 6) is -0.748. The number of allylic oxidation sites excluding steroid dienone is 11. The third-order valence-corrected chi connectivity index (χ3v) is 8.40. The van der Waals surface area contributed by atoms with E-state index in [1.165, 1.54) is 5.57 Å². The van der Waals surface area contributed by atoms with Crippen molar-refractivity contribution < 1.29 is 28.6 Å². The molecule has 1 heterocycles. The topological polar surface area (TPSA) is 103 Å². The minimum atomic E-state index is -0.571. The quantitative estimate of drug-likeness (QED) is 0.137. The normalized spacial score (nSPS) is 30.3. The highest BCUT2D eigenvalue weighted by molar-refractivity contribution is 5.88. The van der Waals surface area contributed by atoms with Gasteiger partial charge in [0.1, 0.15) is 12.1 Å². The molecule has 50 heavy (non-hydrogen) atoms. The first-order chi connectivity index (χ1) is 23.8. The number of cyclic esters (lactones) is 1. The lowest BCUT2D eigenvalue weighted by Gasteiger charge is -2.23. The van der Waals surface area contributed by atoms with Crippen LogP contribution in [0.2, 0.25) is 0 Å². The van der Waals surface area contributed by atoms with Gasteiger partial charge < -0.3 is 24.8 Å². The van der Waals surface area contributed by atoms with Gasteiger partial charge in [0.05, 0.1) is 12.2 Å². The summed E-state index contributed by atoms with van der Waals surface area (Å²) in [6, 6.07) is -0.571. The van der Waals surface area contributed by atoms with E-state index in [1.54, 1.807) is 21.1 Å². The van der Waals surface area contributed by atoms with Gasteiger partial charge in [0.2, 0.25) is 12.3 Å².